The van der Waals surface area contributed by atoms with Gasteiger partial charge < -0.3 is 4.98 Å². The van der Waals surface area contributed by atoms with Gasteiger partial charge >= 0.3 is 0 Å². The highest BCUT2D eigenvalue weighted by atomic mass is 14.9. The van der Waals surface area contributed by atoms with E-state index < -0.39 is 0 Å². The Morgan fingerprint density at radius 1 is 1.05 bits per heavy atom. The van der Waals surface area contributed by atoms with Gasteiger partial charge in [-0.1, -0.05) is 60.2 Å². The van der Waals surface area contributed by atoms with Crippen LogP contribution in [-0.2, 0) is 0 Å². The maximum Gasteiger partial charge on any atom is 0.0924 e. The van der Waals surface area contributed by atoms with E-state index >= 15 is 0 Å². The Balaban J connectivity index is 2.12. The Morgan fingerprint density at radius 2 is 1.90 bits per heavy atom. The minimum atomic E-state index is 1.03. The van der Waals surface area contributed by atoms with E-state index in [1.54, 1.807) is 6.33 Å². The number of aryl methyl sites for hydroxylation is 1. The molecule has 98 valence electrons. The number of H-pyrrole nitrogens is 1. The minimum Gasteiger partial charge on any atom is -0.345 e. The quantitative estimate of drug-likeness (QED) is 0.698. The lowest BCUT2D eigenvalue weighted by Gasteiger charge is -2.07. The van der Waals surface area contributed by atoms with Crippen molar-refractivity contribution in [2.24, 2.45) is 0 Å². The molecule has 0 amide bonds. The van der Waals surface area contributed by atoms with Crippen LogP contribution in [0.4, 0.5) is 0 Å². The molecule has 0 saturated carbocycles. The summed E-state index contributed by atoms with van der Waals surface area (Å²) in [6.07, 6.45) is 5.75. The summed E-state index contributed by atoms with van der Waals surface area (Å²) in [7, 11) is 0. The van der Waals surface area contributed by atoms with Crippen molar-refractivity contribution < 1.29 is 0 Å². The van der Waals surface area contributed by atoms with Crippen molar-refractivity contribution in [2.75, 3.05) is 0 Å². The monoisotopic (exact) mass is 260 g/mol. The molecule has 2 nitrogen and oxygen atoms in total. The zero-order valence-corrected chi connectivity index (χ0v) is 11.4. The lowest BCUT2D eigenvalue weighted by Crippen LogP contribution is -1.89. The number of hydrogen-bond acceptors (Lipinski definition) is 1. The summed E-state index contributed by atoms with van der Waals surface area (Å²) in [5.74, 6) is 0. The summed E-state index contributed by atoms with van der Waals surface area (Å²) < 4.78 is 0. The smallest absolute Gasteiger partial charge is 0.0924 e. The standard InChI is InChI=1S/C18H16N2/c1-14-6-5-9-16(10-14)17(18-12-19-13-20-18)11-15-7-3-2-4-8-15/h2-13H,1H3,(H,19,20)/b17-11-. The lowest BCUT2D eigenvalue weighted by atomic mass is 9.99. The molecule has 1 aromatic heterocycles. The second-order valence-corrected chi connectivity index (χ2v) is 4.80. The molecule has 1 heterocycles. The second kappa shape index (κ2) is 5.57. The molecule has 3 aromatic rings. The van der Waals surface area contributed by atoms with Gasteiger partial charge in [0.25, 0.3) is 0 Å². The van der Waals surface area contributed by atoms with Crippen molar-refractivity contribution >= 4 is 11.6 Å². The zero-order chi connectivity index (χ0) is 13.8. The molecule has 0 aliphatic rings. The van der Waals surface area contributed by atoms with E-state index in [2.05, 4.69) is 59.4 Å². The molecule has 0 aliphatic carbocycles. The van der Waals surface area contributed by atoms with Crippen molar-refractivity contribution in [1.82, 2.24) is 9.97 Å². The van der Waals surface area contributed by atoms with Gasteiger partial charge in [0.2, 0.25) is 0 Å². The van der Waals surface area contributed by atoms with Crippen LogP contribution in [0, 0.1) is 6.92 Å². The van der Waals surface area contributed by atoms with E-state index in [1.807, 2.05) is 24.4 Å². The number of aromatic amines is 1. The molecule has 0 atom stereocenters. The highest BCUT2D eigenvalue weighted by Gasteiger charge is 2.06. The molecule has 0 radical (unpaired) electrons. The van der Waals surface area contributed by atoms with Crippen molar-refractivity contribution in [2.45, 2.75) is 6.92 Å². The fourth-order valence-corrected chi connectivity index (χ4v) is 2.25. The molecular weight excluding hydrogens is 244 g/mol. The Hall–Kier alpha value is -2.61. The molecular formula is C18H16N2. The second-order valence-electron chi connectivity index (χ2n) is 4.80. The first-order chi connectivity index (χ1) is 9.83. The Kier molecular flexibility index (Phi) is 3.46. The van der Waals surface area contributed by atoms with Crippen LogP contribution in [0.15, 0.2) is 67.1 Å². The third kappa shape index (κ3) is 2.69. The van der Waals surface area contributed by atoms with Crippen LogP contribution < -0.4 is 0 Å². The summed E-state index contributed by atoms with van der Waals surface area (Å²) in [4.78, 5) is 7.33. The number of imidazole rings is 1. The number of benzene rings is 2. The van der Waals surface area contributed by atoms with Crippen molar-refractivity contribution in [3.05, 3.63) is 89.5 Å². The van der Waals surface area contributed by atoms with Gasteiger partial charge in [-0.3, -0.25) is 0 Å². The van der Waals surface area contributed by atoms with Crippen LogP contribution in [0.3, 0.4) is 0 Å². The molecule has 0 spiro atoms. The molecule has 3 rings (SSSR count). The molecule has 2 aromatic carbocycles. The zero-order valence-electron chi connectivity index (χ0n) is 11.4. The number of nitrogens with zero attached hydrogens (tertiary/aromatic N) is 1. The predicted octanol–water partition coefficient (Wildman–Crippen LogP) is 4.31. The maximum absolute atomic E-state index is 4.14. The predicted molar refractivity (Wildman–Crippen MR) is 83.2 cm³/mol. The van der Waals surface area contributed by atoms with Gasteiger partial charge in [0, 0.05) is 5.57 Å². The summed E-state index contributed by atoms with van der Waals surface area (Å²) in [5.41, 5.74) is 5.80. The topological polar surface area (TPSA) is 28.7 Å². The number of nitrogens with one attached hydrogen (secondary N) is 1. The first-order valence-corrected chi connectivity index (χ1v) is 6.65. The normalized spacial score (nSPS) is 11.6. The van der Waals surface area contributed by atoms with E-state index in [0.29, 0.717) is 0 Å². The minimum absolute atomic E-state index is 1.03. The number of rotatable bonds is 3. The molecule has 0 saturated heterocycles. The highest BCUT2D eigenvalue weighted by Crippen LogP contribution is 2.25. The SMILES string of the molecule is Cc1cccc(/C(=C/c2ccccc2)c2cnc[nH]2)c1. The first-order valence-electron chi connectivity index (χ1n) is 6.65. The van der Waals surface area contributed by atoms with Gasteiger partial charge in [-0.2, -0.15) is 0 Å². The van der Waals surface area contributed by atoms with Crippen molar-refractivity contribution in [3.8, 4) is 0 Å². The number of hydrogen-bond donors (Lipinski definition) is 1. The molecule has 0 aliphatic heterocycles. The van der Waals surface area contributed by atoms with Crippen LogP contribution in [0.1, 0.15) is 22.4 Å². The largest absolute Gasteiger partial charge is 0.345 e. The Bertz CT molecular complexity index is 710. The van der Waals surface area contributed by atoms with Gasteiger partial charge in [-0.25, -0.2) is 4.98 Å². The van der Waals surface area contributed by atoms with E-state index in [4.69, 9.17) is 0 Å². The maximum atomic E-state index is 4.14. The molecule has 1 N–H and O–H groups in total. The Labute approximate surface area is 118 Å². The summed E-state index contributed by atoms with van der Waals surface area (Å²) in [6.45, 7) is 2.11. The average Bonchev–Trinajstić information content (AvgIpc) is 3.00. The lowest BCUT2D eigenvalue weighted by molar-refractivity contribution is 1.30. The highest BCUT2D eigenvalue weighted by molar-refractivity contribution is 5.90. The first kappa shape index (κ1) is 12.4. The molecule has 0 fully saturated rings. The van der Waals surface area contributed by atoms with E-state index in [0.717, 1.165) is 11.3 Å². The van der Waals surface area contributed by atoms with Crippen LogP contribution in [0.5, 0.6) is 0 Å². The summed E-state index contributed by atoms with van der Waals surface area (Å²) in [5, 5.41) is 0. The van der Waals surface area contributed by atoms with Gasteiger partial charge in [-0.05, 0) is 24.1 Å². The van der Waals surface area contributed by atoms with Crippen LogP contribution in [0.2, 0.25) is 0 Å². The van der Waals surface area contributed by atoms with Crippen LogP contribution in [0.25, 0.3) is 11.6 Å². The fraction of sp³-hybridized carbons (Fsp3) is 0.0556. The molecule has 2 heteroatoms. The van der Waals surface area contributed by atoms with E-state index in [-0.39, 0.29) is 0 Å². The molecule has 20 heavy (non-hydrogen) atoms. The number of aromatic nitrogens is 2. The molecule has 0 unspecified atom stereocenters. The third-order valence-corrected chi connectivity index (χ3v) is 3.23. The fourth-order valence-electron chi connectivity index (χ4n) is 2.25. The average molecular weight is 260 g/mol. The van der Waals surface area contributed by atoms with E-state index in [1.165, 1.54) is 16.7 Å². The van der Waals surface area contributed by atoms with Crippen molar-refractivity contribution in [1.29, 1.82) is 0 Å². The van der Waals surface area contributed by atoms with Gasteiger partial charge in [0.1, 0.15) is 0 Å². The van der Waals surface area contributed by atoms with Gasteiger partial charge in [0.05, 0.1) is 18.2 Å². The third-order valence-electron chi connectivity index (χ3n) is 3.23. The van der Waals surface area contributed by atoms with Crippen LogP contribution in [-0.4, -0.2) is 9.97 Å². The van der Waals surface area contributed by atoms with Crippen LogP contribution >= 0.6 is 0 Å². The van der Waals surface area contributed by atoms with Gasteiger partial charge in [0.15, 0.2) is 0 Å². The van der Waals surface area contributed by atoms with E-state index in [9.17, 15) is 0 Å². The summed E-state index contributed by atoms with van der Waals surface area (Å²) in [6, 6.07) is 18.8. The summed E-state index contributed by atoms with van der Waals surface area (Å²) >= 11 is 0. The Morgan fingerprint density at radius 3 is 2.60 bits per heavy atom. The van der Waals surface area contributed by atoms with Crippen molar-refractivity contribution in [3.63, 3.8) is 0 Å². The molecule has 0 bridgehead atoms. The van der Waals surface area contributed by atoms with Gasteiger partial charge in [-0.15, -0.1) is 0 Å².